The van der Waals surface area contributed by atoms with Crippen molar-refractivity contribution in [3.8, 4) is 0 Å². The Balaban J connectivity index is 1.29. The molecule has 1 saturated heterocycles. The molecule has 0 unspecified atom stereocenters. The zero-order valence-electron chi connectivity index (χ0n) is 17.7. The smallest absolute Gasteiger partial charge is 0.251 e. The second-order valence-electron chi connectivity index (χ2n) is 7.59. The number of anilines is 1. The van der Waals surface area contributed by atoms with Gasteiger partial charge in [-0.1, -0.05) is 12.1 Å². The maximum Gasteiger partial charge on any atom is 0.251 e. The van der Waals surface area contributed by atoms with E-state index in [1.807, 2.05) is 29.2 Å². The molecule has 2 aromatic carbocycles. The molecule has 0 radical (unpaired) electrons. The Bertz CT molecular complexity index is 1060. The number of carbonyl (C=O) groups excluding carboxylic acids is 1. The number of hydrogen-bond acceptors (Lipinski definition) is 4. The van der Waals surface area contributed by atoms with Crippen LogP contribution < -0.4 is 16.0 Å². The van der Waals surface area contributed by atoms with Crippen LogP contribution >= 0.6 is 0 Å². The molecule has 3 aromatic rings. The van der Waals surface area contributed by atoms with E-state index in [4.69, 9.17) is 10.2 Å². The van der Waals surface area contributed by atoms with Crippen LogP contribution in [0.3, 0.4) is 0 Å². The lowest BCUT2D eigenvalue weighted by Crippen LogP contribution is -2.51. The van der Waals surface area contributed by atoms with Crippen LogP contribution in [0.1, 0.15) is 21.7 Å². The number of carbonyl (C=O) groups is 1. The van der Waals surface area contributed by atoms with Crippen LogP contribution in [0.2, 0.25) is 0 Å². The minimum Gasteiger partial charge on any atom is -0.467 e. The fraction of sp³-hybridized carbons (Fsp3) is 0.250. The summed E-state index contributed by atoms with van der Waals surface area (Å²) in [5.74, 6) is 0.780. The van der Waals surface area contributed by atoms with Gasteiger partial charge in [-0.3, -0.25) is 4.79 Å². The molecule has 2 heterocycles. The van der Waals surface area contributed by atoms with E-state index in [0.717, 1.165) is 37.4 Å². The number of guanidine groups is 1. The Hall–Kier alpha value is -3.81. The first-order valence-electron chi connectivity index (χ1n) is 10.5. The molecule has 166 valence electrons. The van der Waals surface area contributed by atoms with Crippen LogP contribution in [0, 0.1) is 5.82 Å². The molecule has 0 bridgehead atoms. The first kappa shape index (κ1) is 21.4. The van der Waals surface area contributed by atoms with Crippen LogP contribution in [0.25, 0.3) is 0 Å². The van der Waals surface area contributed by atoms with Crippen molar-refractivity contribution in [2.75, 3.05) is 31.1 Å². The van der Waals surface area contributed by atoms with E-state index in [1.54, 1.807) is 30.5 Å². The molecule has 3 N–H and O–H groups in total. The number of hydrogen-bond donors (Lipinski definition) is 2. The molecule has 0 atom stereocenters. The maximum atomic E-state index is 13.1. The van der Waals surface area contributed by atoms with Crippen molar-refractivity contribution in [2.45, 2.75) is 13.1 Å². The van der Waals surface area contributed by atoms with E-state index in [1.165, 1.54) is 12.1 Å². The Morgan fingerprint density at radius 2 is 1.84 bits per heavy atom. The van der Waals surface area contributed by atoms with Crippen molar-refractivity contribution in [3.05, 3.63) is 89.6 Å². The molecule has 1 aliphatic rings. The molecule has 4 rings (SSSR count). The average Bonchev–Trinajstić information content (AvgIpc) is 3.35. The number of nitrogens with zero attached hydrogens (tertiary/aromatic N) is 3. The van der Waals surface area contributed by atoms with E-state index in [0.29, 0.717) is 30.4 Å². The molecule has 8 heteroatoms. The molecule has 1 aromatic heterocycles. The highest BCUT2D eigenvalue weighted by Crippen LogP contribution is 2.17. The van der Waals surface area contributed by atoms with Gasteiger partial charge in [0, 0.05) is 37.4 Å². The van der Waals surface area contributed by atoms with Gasteiger partial charge in [0.05, 0.1) is 19.4 Å². The van der Waals surface area contributed by atoms with Crippen LogP contribution in [-0.4, -0.2) is 42.9 Å². The van der Waals surface area contributed by atoms with Crippen molar-refractivity contribution >= 4 is 17.6 Å². The Kier molecular flexibility index (Phi) is 6.69. The molecular weight excluding hydrogens is 409 g/mol. The summed E-state index contributed by atoms with van der Waals surface area (Å²) in [6.45, 7) is 3.78. The number of piperazine rings is 1. The van der Waals surface area contributed by atoms with Crippen molar-refractivity contribution in [1.29, 1.82) is 0 Å². The average molecular weight is 436 g/mol. The van der Waals surface area contributed by atoms with Crippen LogP contribution in [0.15, 0.2) is 76.3 Å². The van der Waals surface area contributed by atoms with E-state index in [2.05, 4.69) is 15.2 Å². The van der Waals surface area contributed by atoms with E-state index >= 15 is 0 Å². The number of aliphatic imine (C=N–C) groups is 1. The van der Waals surface area contributed by atoms with E-state index < -0.39 is 0 Å². The first-order valence-corrected chi connectivity index (χ1v) is 10.5. The second kappa shape index (κ2) is 10.00. The van der Waals surface area contributed by atoms with Crippen molar-refractivity contribution in [3.63, 3.8) is 0 Å². The lowest BCUT2D eigenvalue weighted by atomic mass is 10.1. The van der Waals surface area contributed by atoms with Gasteiger partial charge < -0.3 is 25.3 Å². The molecular formula is C24H26FN5O2. The molecule has 0 aliphatic carbocycles. The van der Waals surface area contributed by atoms with Crippen LogP contribution in [-0.2, 0) is 13.1 Å². The van der Waals surface area contributed by atoms with Gasteiger partial charge in [-0.2, -0.15) is 0 Å². The summed E-state index contributed by atoms with van der Waals surface area (Å²) in [6, 6.07) is 17.5. The zero-order chi connectivity index (χ0) is 22.3. The minimum atomic E-state index is -0.233. The number of nitrogens with one attached hydrogen (secondary N) is 1. The van der Waals surface area contributed by atoms with Gasteiger partial charge in [0.1, 0.15) is 11.6 Å². The standard InChI is InChI=1S/C24H26FN5O2/c25-20-6-8-21(9-7-20)29-10-12-30(13-11-29)24(26)28-16-18-3-1-4-19(15-18)23(31)27-17-22-5-2-14-32-22/h1-9,14-15H,10-13,16-17H2,(H2,26,28)(H,27,31). The summed E-state index contributed by atoms with van der Waals surface area (Å²) in [5.41, 5.74) is 8.69. The fourth-order valence-corrected chi connectivity index (χ4v) is 3.61. The normalized spacial score (nSPS) is 14.5. The molecule has 0 spiro atoms. The Morgan fingerprint density at radius 3 is 2.56 bits per heavy atom. The van der Waals surface area contributed by atoms with E-state index in [9.17, 15) is 9.18 Å². The SMILES string of the molecule is NC(=NCc1cccc(C(=O)NCc2ccco2)c1)N1CCN(c2ccc(F)cc2)CC1. The predicted octanol–water partition coefficient (Wildman–Crippen LogP) is 2.99. The lowest BCUT2D eigenvalue weighted by molar-refractivity contribution is 0.0948. The summed E-state index contributed by atoms with van der Waals surface area (Å²) in [4.78, 5) is 21.2. The third-order valence-electron chi connectivity index (χ3n) is 5.41. The highest BCUT2D eigenvalue weighted by molar-refractivity contribution is 5.94. The molecule has 1 fully saturated rings. The zero-order valence-corrected chi connectivity index (χ0v) is 17.7. The summed E-state index contributed by atoms with van der Waals surface area (Å²) in [5, 5.41) is 2.84. The molecule has 1 aliphatic heterocycles. The topological polar surface area (TPSA) is 87.1 Å². The number of nitrogens with two attached hydrogens (primary N) is 1. The third kappa shape index (κ3) is 5.46. The van der Waals surface area contributed by atoms with Gasteiger partial charge in [0.2, 0.25) is 0 Å². The quantitative estimate of drug-likeness (QED) is 0.459. The number of rotatable bonds is 6. The first-order chi connectivity index (χ1) is 15.6. The van der Waals surface area contributed by atoms with Crippen molar-refractivity contribution in [1.82, 2.24) is 10.2 Å². The number of halogens is 1. The van der Waals surface area contributed by atoms with Gasteiger partial charge in [-0.05, 0) is 54.1 Å². The van der Waals surface area contributed by atoms with Gasteiger partial charge in [-0.15, -0.1) is 0 Å². The summed E-state index contributed by atoms with van der Waals surface area (Å²) >= 11 is 0. The van der Waals surface area contributed by atoms with Crippen LogP contribution in [0.5, 0.6) is 0 Å². The van der Waals surface area contributed by atoms with Gasteiger partial charge in [-0.25, -0.2) is 9.38 Å². The number of benzene rings is 2. The van der Waals surface area contributed by atoms with Gasteiger partial charge in [0.25, 0.3) is 5.91 Å². The molecule has 7 nitrogen and oxygen atoms in total. The van der Waals surface area contributed by atoms with Crippen molar-refractivity contribution in [2.24, 2.45) is 10.7 Å². The van der Waals surface area contributed by atoms with Gasteiger partial charge >= 0.3 is 0 Å². The Labute approximate surface area is 186 Å². The molecule has 32 heavy (non-hydrogen) atoms. The van der Waals surface area contributed by atoms with Crippen LogP contribution in [0.4, 0.5) is 10.1 Å². The van der Waals surface area contributed by atoms with Crippen molar-refractivity contribution < 1.29 is 13.6 Å². The molecule has 0 saturated carbocycles. The minimum absolute atomic E-state index is 0.169. The number of furan rings is 1. The highest BCUT2D eigenvalue weighted by Gasteiger charge is 2.18. The third-order valence-corrected chi connectivity index (χ3v) is 5.41. The van der Waals surface area contributed by atoms with Gasteiger partial charge in [0.15, 0.2) is 5.96 Å². The summed E-state index contributed by atoms with van der Waals surface area (Å²) in [6.07, 6.45) is 1.58. The maximum absolute atomic E-state index is 13.1. The fourth-order valence-electron chi connectivity index (χ4n) is 3.61. The predicted molar refractivity (Wildman–Crippen MR) is 122 cm³/mol. The Morgan fingerprint density at radius 1 is 1.06 bits per heavy atom. The lowest BCUT2D eigenvalue weighted by Gasteiger charge is -2.36. The van der Waals surface area contributed by atoms with E-state index in [-0.39, 0.29) is 11.7 Å². The second-order valence-corrected chi connectivity index (χ2v) is 7.59. The summed E-state index contributed by atoms with van der Waals surface area (Å²) < 4.78 is 18.4. The highest BCUT2D eigenvalue weighted by atomic mass is 19.1. The monoisotopic (exact) mass is 435 g/mol. The largest absolute Gasteiger partial charge is 0.467 e. The molecule has 1 amide bonds. The number of amides is 1. The summed E-state index contributed by atoms with van der Waals surface area (Å²) in [7, 11) is 0.